The number of para-hydroxylation sites is 1. The molecule has 0 bridgehead atoms. The van der Waals surface area contributed by atoms with Crippen LogP contribution in [0.25, 0.3) is 10.9 Å². The molecule has 0 saturated heterocycles. The average Bonchev–Trinajstić information content (AvgIpc) is 2.82. The van der Waals surface area contributed by atoms with Crippen molar-refractivity contribution in [3.05, 3.63) is 60.3 Å². The molecule has 0 aliphatic heterocycles. The van der Waals surface area contributed by atoms with E-state index in [0.717, 1.165) is 16.5 Å². The van der Waals surface area contributed by atoms with E-state index in [4.69, 9.17) is 5.14 Å². The van der Waals surface area contributed by atoms with Crippen LogP contribution in [0.15, 0.2) is 64.0 Å². The van der Waals surface area contributed by atoms with Crippen LogP contribution in [-0.2, 0) is 9.92 Å². The maximum atomic E-state index is 12.6. The lowest BCUT2D eigenvalue weighted by Crippen LogP contribution is -2.11. The summed E-state index contributed by atoms with van der Waals surface area (Å²) in [5.41, 5.74) is 2.66. The smallest absolute Gasteiger partial charge is 0.139 e. The molecule has 5 heteroatoms. The highest BCUT2D eigenvalue weighted by atomic mass is 32.2. The molecule has 2 aromatic carbocycles. The van der Waals surface area contributed by atoms with Crippen molar-refractivity contribution < 1.29 is 4.21 Å². The summed E-state index contributed by atoms with van der Waals surface area (Å²) in [5.74, 6) is 0. The zero-order chi connectivity index (χ0) is 14.2. The molecule has 3 rings (SSSR count). The fourth-order valence-electron chi connectivity index (χ4n) is 2.06. The van der Waals surface area contributed by atoms with Gasteiger partial charge in [0.1, 0.15) is 9.92 Å². The van der Waals surface area contributed by atoms with Crippen molar-refractivity contribution in [1.82, 2.24) is 4.98 Å². The van der Waals surface area contributed by atoms with Gasteiger partial charge >= 0.3 is 0 Å². The van der Waals surface area contributed by atoms with E-state index in [2.05, 4.69) is 9.35 Å². The highest BCUT2D eigenvalue weighted by molar-refractivity contribution is 7.91. The molecule has 4 nitrogen and oxygen atoms in total. The minimum absolute atomic E-state index is 0.536. The van der Waals surface area contributed by atoms with Crippen LogP contribution in [0, 0.1) is 6.92 Å². The number of nitrogens with one attached hydrogen (secondary N) is 1. The van der Waals surface area contributed by atoms with Crippen molar-refractivity contribution in [2.75, 3.05) is 0 Å². The molecule has 0 amide bonds. The Balaban J connectivity index is 2.15. The lowest BCUT2D eigenvalue weighted by Gasteiger charge is -2.04. The summed E-state index contributed by atoms with van der Waals surface area (Å²) in [5, 5.41) is 6.83. The monoisotopic (exact) mass is 285 g/mol. The number of aryl methyl sites for hydroxylation is 1. The molecule has 1 unspecified atom stereocenters. The molecule has 20 heavy (non-hydrogen) atoms. The quantitative estimate of drug-likeness (QED) is 0.743. The molecule has 0 radical (unpaired) electrons. The third kappa shape index (κ3) is 2.33. The van der Waals surface area contributed by atoms with E-state index >= 15 is 0 Å². The Morgan fingerprint density at radius 1 is 1.10 bits per heavy atom. The van der Waals surface area contributed by atoms with Crippen molar-refractivity contribution >= 4 is 26.5 Å². The van der Waals surface area contributed by atoms with Crippen molar-refractivity contribution in [1.29, 1.82) is 0 Å². The number of hydrogen-bond donors (Lipinski definition) is 2. The normalized spacial score (nSPS) is 14.1. The zero-order valence-corrected chi connectivity index (χ0v) is 11.9. The van der Waals surface area contributed by atoms with Gasteiger partial charge in [0, 0.05) is 17.1 Å². The second-order valence-electron chi connectivity index (χ2n) is 4.69. The molecule has 1 atom stereocenters. The zero-order valence-electron chi connectivity index (χ0n) is 11.0. The second-order valence-corrected chi connectivity index (χ2v) is 6.48. The van der Waals surface area contributed by atoms with Crippen LogP contribution in [0.4, 0.5) is 5.69 Å². The van der Waals surface area contributed by atoms with E-state index in [0.29, 0.717) is 10.6 Å². The van der Waals surface area contributed by atoms with Crippen LogP contribution in [0.2, 0.25) is 0 Å². The highest BCUT2D eigenvalue weighted by Crippen LogP contribution is 2.27. The van der Waals surface area contributed by atoms with E-state index in [1.165, 1.54) is 0 Å². The summed E-state index contributed by atoms with van der Waals surface area (Å²) in [7, 11) is -2.94. The van der Waals surface area contributed by atoms with Gasteiger partial charge in [0.2, 0.25) is 0 Å². The van der Waals surface area contributed by atoms with Crippen LogP contribution in [0.3, 0.4) is 0 Å². The fourth-order valence-corrected chi connectivity index (χ4v) is 3.14. The number of rotatable bonds is 2. The molecule has 1 aromatic heterocycles. The van der Waals surface area contributed by atoms with E-state index in [1.54, 1.807) is 18.3 Å². The number of fused-ring (bicyclic) bond motifs is 1. The Labute approximate surface area is 117 Å². The summed E-state index contributed by atoms with van der Waals surface area (Å²) in [6.45, 7) is 1.97. The molecular formula is C15H15N3OS. The first-order valence-corrected chi connectivity index (χ1v) is 7.82. The van der Waals surface area contributed by atoms with Crippen LogP contribution in [0.1, 0.15) is 5.56 Å². The predicted molar refractivity (Wildman–Crippen MR) is 82.2 cm³/mol. The van der Waals surface area contributed by atoms with Gasteiger partial charge in [-0.15, -0.1) is 0 Å². The fraction of sp³-hybridized carbons (Fsp3) is 0.0667. The number of aromatic nitrogens is 1. The summed E-state index contributed by atoms with van der Waals surface area (Å²) in [6, 6.07) is 15.0. The standard InChI is InChI=1S/C15H15N3OS/c1-11-6-8-12(9-7-11)20(16,19)18-15-10-17-14-5-3-2-4-13(14)15/h2-10,17H,1H3,(H2,16,18,19). The van der Waals surface area contributed by atoms with Crippen molar-refractivity contribution in [3.63, 3.8) is 0 Å². The van der Waals surface area contributed by atoms with Crippen molar-refractivity contribution in [2.24, 2.45) is 9.50 Å². The molecule has 0 aliphatic rings. The molecule has 0 spiro atoms. The van der Waals surface area contributed by atoms with E-state index in [-0.39, 0.29) is 0 Å². The van der Waals surface area contributed by atoms with Crippen LogP contribution >= 0.6 is 0 Å². The van der Waals surface area contributed by atoms with Gasteiger partial charge in [0.05, 0.1) is 10.6 Å². The lowest BCUT2D eigenvalue weighted by molar-refractivity contribution is 0.678. The largest absolute Gasteiger partial charge is 0.359 e. The number of benzene rings is 2. The van der Waals surface area contributed by atoms with Gasteiger partial charge in [0.25, 0.3) is 0 Å². The number of nitrogens with two attached hydrogens (primary N) is 1. The molecular weight excluding hydrogens is 270 g/mol. The second kappa shape index (κ2) is 4.77. The average molecular weight is 285 g/mol. The first-order valence-electron chi connectivity index (χ1n) is 6.24. The molecule has 0 saturated carbocycles. The van der Waals surface area contributed by atoms with Crippen LogP contribution in [0.5, 0.6) is 0 Å². The van der Waals surface area contributed by atoms with E-state index in [1.807, 2.05) is 43.3 Å². The molecule has 102 valence electrons. The third-order valence-electron chi connectivity index (χ3n) is 3.16. The lowest BCUT2D eigenvalue weighted by atomic mass is 10.2. The highest BCUT2D eigenvalue weighted by Gasteiger charge is 2.09. The van der Waals surface area contributed by atoms with Crippen LogP contribution < -0.4 is 5.14 Å². The van der Waals surface area contributed by atoms with Gasteiger partial charge < -0.3 is 4.98 Å². The maximum Gasteiger partial charge on any atom is 0.139 e. The number of hydrogen-bond acceptors (Lipinski definition) is 2. The number of nitrogens with zero attached hydrogens (tertiary/aromatic N) is 1. The Hall–Kier alpha value is -2.11. The molecule has 0 aliphatic carbocycles. The Kier molecular flexibility index (Phi) is 3.08. The van der Waals surface area contributed by atoms with Gasteiger partial charge in [-0.2, -0.15) is 4.36 Å². The van der Waals surface area contributed by atoms with Crippen molar-refractivity contribution in [3.8, 4) is 0 Å². The van der Waals surface area contributed by atoms with Gasteiger partial charge in [-0.25, -0.2) is 9.35 Å². The minimum Gasteiger partial charge on any atom is -0.359 e. The van der Waals surface area contributed by atoms with E-state index in [9.17, 15) is 4.21 Å². The van der Waals surface area contributed by atoms with Gasteiger partial charge in [-0.05, 0) is 25.1 Å². The molecule has 3 N–H and O–H groups in total. The van der Waals surface area contributed by atoms with Gasteiger partial charge in [0.15, 0.2) is 0 Å². The summed E-state index contributed by atoms with van der Waals surface area (Å²) >= 11 is 0. The summed E-state index contributed by atoms with van der Waals surface area (Å²) in [6.07, 6.45) is 1.73. The Bertz CT molecular complexity index is 872. The first-order chi connectivity index (χ1) is 9.56. The predicted octanol–water partition coefficient (Wildman–Crippen LogP) is 3.51. The Morgan fingerprint density at radius 3 is 2.55 bits per heavy atom. The van der Waals surface area contributed by atoms with E-state index < -0.39 is 9.92 Å². The first kappa shape index (κ1) is 12.9. The van der Waals surface area contributed by atoms with Gasteiger partial charge in [-0.3, -0.25) is 0 Å². The Morgan fingerprint density at radius 2 is 1.80 bits per heavy atom. The topological polar surface area (TPSA) is 71.2 Å². The SMILES string of the molecule is Cc1ccc(S(N)(=O)=Nc2c[nH]c3ccccc23)cc1. The minimum atomic E-state index is -2.94. The maximum absolute atomic E-state index is 12.6. The molecule has 0 fully saturated rings. The van der Waals surface area contributed by atoms with Crippen molar-refractivity contribution in [2.45, 2.75) is 11.8 Å². The van der Waals surface area contributed by atoms with Crippen LogP contribution in [-0.4, -0.2) is 9.19 Å². The summed E-state index contributed by atoms with van der Waals surface area (Å²) in [4.78, 5) is 3.63. The summed E-state index contributed by atoms with van der Waals surface area (Å²) < 4.78 is 16.9. The molecule has 1 heterocycles. The molecule has 3 aromatic rings. The number of aromatic amines is 1. The van der Waals surface area contributed by atoms with Gasteiger partial charge in [-0.1, -0.05) is 35.9 Å². The number of H-pyrrole nitrogens is 1. The third-order valence-corrected chi connectivity index (χ3v) is 4.58.